The third-order valence-corrected chi connectivity index (χ3v) is 4.53. The Morgan fingerprint density at radius 3 is 3.00 bits per heavy atom. The summed E-state index contributed by atoms with van der Waals surface area (Å²) in [6, 6.07) is 2.12. The van der Waals surface area contributed by atoms with Gasteiger partial charge in [0.2, 0.25) is 0 Å². The summed E-state index contributed by atoms with van der Waals surface area (Å²) in [4.78, 5) is 4.98. The van der Waals surface area contributed by atoms with Crippen molar-refractivity contribution in [2.45, 2.75) is 19.4 Å². The Hall–Kier alpha value is -0.910. The van der Waals surface area contributed by atoms with E-state index in [0.29, 0.717) is 5.41 Å². The van der Waals surface area contributed by atoms with Crippen molar-refractivity contribution in [3.63, 3.8) is 0 Å². The minimum atomic E-state index is 0.318. The molecular weight excluding hydrogens is 252 g/mol. The van der Waals surface area contributed by atoms with Gasteiger partial charge in [-0.05, 0) is 32.5 Å². The fourth-order valence-corrected chi connectivity index (χ4v) is 3.67. The highest BCUT2D eigenvalue weighted by atomic mass is 16.5. The number of aryl methyl sites for hydroxylation is 1. The standard InChI is InChI=1S/C15H26N4O/c1-17-8-9-20-13-15(11-17)5-3-6-19(12-15)10-14-4-7-18(2)16-14/h4,7H,3,5-6,8-13H2,1-2H3. The lowest BCUT2D eigenvalue weighted by Gasteiger charge is -2.43. The Labute approximate surface area is 121 Å². The topological polar surface area (TPSA) is 33.5 Å². The molecule has 2 saturated heterocycles. The number of likely N-dealkylation sites (N-methyl/N-ethyl adjacent to an activating group) is 1. The van der Waals surface area contributed by atoms with Crippen molar-refractivity contribution in [3.05, 3.63) is 18.0 Å². The number of rotatable bonds is 2. The van der Waals surface area contributed by atoms with E-state index in [9.17, 15) is 0 Å². The average molecular weight is 278 g/mol. The second-order valence-electron chi connectivity index (χ2n) is 6.59. The molecule has 1 spiro atoms. The van der Waals surface area contributed by atoms with E-state index in [1.165, 1.54) is 25.1 Å². The number of hydrogen-bond donors (Lipinski definition) is 0. The van der Waals surface area contributed by atoms with Gasteiger partial charge in [-0.2, -0.15) is 5.10 Å². The van der Waals surface area contributed by atoms with E-state index in [0.717, 1.165) is 39.4 Å². The Morgan fingerprint density at radius 2 is 2.20 bits per heavy atom. The molecular formula is C15H26N4O. The van der Waals surface area contributed by atoms with Gasteiger partial charge in [0.25, 0.3) is 0 Å². The van der Waals surface area contributed by atoms with Gasteiger partial charge >= 0.3 is 0 Å². The fourth-order valence-electron chi connectivity index (χ4n) is 3.67. The van der Waals surface area contributed by atoms with E-state index in [2.05, 4.69) is 28.0 Å². The van der Waals surface area contributed by atoms with Gasteiger partial charge in [0.05, 0.1) is 18.9 Å². The third-order valence-electron chi connectivity index (χ3n) is 4.53. The number of aromatic nitrogens is 2. The molecule has 2 fully saturated rings. The molecule has 5 nitrogen and oxygen atoms in total. The summed E-state index contributed by atoms with van der Waals surface area (Å²) in [5.41, 5.74) is 1.49. The minimum Gasteiger partial charge on any atom is -0.379 e. The maximum Gasteiger partial charge on any atom is 0.0764 e. The van der Waals surface area contributed by atoms with Crippen LogP contribution in [0.4, 0.5) is 0 Å². The van der Waals surface area contributed by atoms with Gasteiger partial charge in [0.1, 0.15) is 0 Å². The summed E-state index contributed by atoms with van der Waals surface area (Å²) in [6.45, 7) is 7.28. The largest absolute Gasteiger partial charge is 0.379 e. The molecule has 2 aliphatic rings. The zero-order valence-electron chi connectivity index (χ0n) is 12.7. The normalized spacial score (nSPS) is 29.7. The third kappa shape index (κ3) is 3.22. The lowest BCUT2D eigenvalue weighted by molar-refractivity contribution is 0.00409. The summed E-state index contributed by atoms with van der Waals surface area (Å²) in [6.07, 6.45) is 4.58. The van der Waals surface area contributed by atoms with E-state index in [1.54, 1.807) is 0 Å². The summed E-state index contributed by atoms with van der Waals surface area (Å²) in [7, 11) is 4.20. The minimum absolute atomic E-state index is 0.318. The van der Waals surface area contributed by atoms with Crippen LogP contribution >= 0.6 is 0 Å². The molecule has 5 heteroatoms. The molecule has 1 aromatic heterocycles. The SMILES string of the molecule is CN1CCOCC2(CCCN(Cc3ccn(C)n3)C2)C1. The molecule has 0 saturated carbocycles. The number of hydrogen-bond acceptors (Lipinski definition) is 4. The van der Waals surface area contributed by atoms with Crippen molar-refractivity contribution in [2.24, 2.45) is 12.5 Å². The molecule has 1 atom stereocenters. The molecule has 1 unspecified atom stereocenters. The van der Waals surface area contributed by atoms with Crippen LogP contribution in [0, 0.1) is 5.41 Å². The van der Waals surface area contributed by atoms with Gasteiger partial charge in [0.15, 0.2) is 0 Å². The average Bonchev–Trinajstić information content (AvgIpc) is 2.72. The van der Waals surface area contributed by atoms with E-state index < -0.39 is 0 Å². The van der Waals surface area contributed by atoms with Gasteiger partial charge in [-0.25, -0.2) is 0 Å². The maximum atomic E-state index is 5.87. The Balaban J connectivity index is 1.66. The van der Waals surface area contributed by atoms with Crippen molar-refractivity contribution in [1.29, 1.82) is 0 Å². The number of ether oxygens (including phenoxy) is 1. The van der Waals surface area contributed by atoms with E-state index in [-0.39, 0.29) is 0 Å². The van der Waals surface area contributed by atoms with E-state index in [4.69, 9.17) is 4.74 Å². The predicted molar refractivity (Wildman–Crippen MR) is 78.5 cm³/mol. The first kappa shape index (κ1) is 14.0. The molecule has 0 aliphatic carbocycles. The highest BCUT2D eigenvalue weighted by Crippen LogP contribution is 2.33. The Morgan fingerprint density at radius 1 is 1.30 bits per heavy atom. The predicted octanol–water partition coefficient (Wildman–Crippen LogP) is 0.964. The van der Waals surface area contributed by atoms with Gasteiger partial charge in [-0.1, -0.05) is 0 Å². The molecule has 0 N–H and O–H groups in total. The zero-order chi connectivity index (χ0) is 14.0. The highest BCUT2D eigenvalue weighted by molar-refractivity contribution is 5.00. The lowest BCUT2D eigenvalue weighted by atomic mass is 9.80. The molecule has 0 bridgehead atoms. The van der Waals surface area contributed by atoms with Crippen LogP contribution in [0.25, 0.3) is 0 Å². The van der Waals surface area contributed by atoms with Crippen LogP contribution in [-0.2, 0) is 18.3 Å². The van der Waals surface area contributed by atoms with Crippen LogP contribution in [0.2, 0.25) is 0 Å². The van der Waals surface area contributed by atoms with Crippen LogP contribution in [0.1, 0.15) is 18.5 Å². The molecule has 112 valence electrons. The van der Waals surface area contributed by atoms with Gasteiger partial charge in [-0.3, -0.25) is 9.58 Å². The monoisotopic (exact) mass is 278 g/mol. The maximum absolute atomic E-state index is 5.87. The van der Waals surface area contributed by atoms with Crippen molar-refractivity contribution >= 4 is 0 Å². The second-order valence-corrected chi connectivity index (χ2v) is 6.59. The number of piperidine rings is 1. The quantitative estimate of drug-likeness (QED) is 0.807. The van der Waals surface area contributed by atoms with Crippen LogP contribution in [0.3, 0.4) is 0 Å². The first-order valence-corrected chi connectivity index (χ1v) is 7.62. The van der Waals surface area contributed by atoms with Gasteiger partial charge in [0, 0.05) is 44.8 Å². The highest BCUT2D eigenvalue weighted by Gasteiger charge is 2.38. The zero-order valence-corrected chi connectivity index (χ0v) is 12.7. The molecule has 20 heavy (non-hydrogen) atoms. The summed E-state index contributed by atoms with van der Waals surface area (Å²) in [5.74, 6) is 0. The van der Waals surface area contributed by atoms with Crippen molar-refractivity contribution < 1.29 is 4.74 Å². The Bertz CT molecular complexity index is 447. The molecule has 2 aliphatic heterocycles. The summed E-state index contributed by atoms with van der Waals surface area (Å²) >= 11 is 0. The molecule has 0 radical (unpaired) electrons. The van der Waals surface area contributed by atoms with E-state index >= 15 is 0 Å². The van der Waals surface area contributed by atoms with Crippen molar-refractivity contribution in [1.82, 2.24) is 19.6 Å². The number of likely N-dealkylation sites (tertiary alicyclic amines) is 1. The van der Waals surface area contributed by atoms with Crippen LogP contribution in [0.15, 0.2) is 12.3 Å². The molecule has 0 aromatic carbocycles. The summed E-state index contributed by atoms with van der Waals surface area (Å²) < 4.78 is 7.76. The second kappa shape index (κ2) is 5.84. The van der Waals surface area contributed by atoms with Gasteiger partial charge < -0.3 is 9.64 Å². The molecule has 3 heterocycles. The van der Waals surface area contributed by atoms with E-state index in [1.807, 2.05) is 17.9 Å². The fraction of sp³-hybridized carbons (Fsp3) is 0.800. The molecule has 3 rings (SSSR count). The first-order chi connectivity index (χ1) is 9.65. The van der Waals surface area contributed by atoms with Crippen LogP contribution in [0.5, 0.6) is 0 Å². The van der Waals surface area contributed by atoms with Crippen molar-refractivity contribution in [2.75, 3.05) is 46.4 Å². The van der Waals surface area contributed by atoms with Gasteiger partial charge in [-0.15, -0.1) is 0 Å². The Kier molecular flexibility index (Phi) is 4.10. The van der Waals surface area contributed by atoms with Crippen molar-refractivity contribution in [3.8, 4) is 0 Å². The number of nitrogens with zero attached hydrogens (tertiary/aromatic N) is 4. The molecule has 1 aromatic rings. The van der Waals surface area contributed by atoms with Crippen LogP contribution < -0.4 is 0 Å². The lowest BCUT2D eigenvalue weighted by Crippen LogP contribution is -2.49. The smallest absolute Gasteiger partial charge is 0.0764 e. The summed E-state index contributed by atoms with van der Waals surface area (Å²) in [5, 5.41) is 4.51. The molecule has 0 amide bonds. The first-order valence-electron chi connectivity index (χ1n) is 7.62. The van der Waals surface area contributed by atoms with Crippen LogP contribution in [-0.4, -0.2) is 66.0 Å².